The van der Waals surface area contributed by atoms with Gasteiger partial charge in [0.15, 0.2) is 0 Å². The standard InChI is InChI=1S/C8H7ClNO/c9-8-3-1-7(2-4-8)5-10-6-11/h1-4,6H,5H2. The van der Waals surface area contributed by atoms with Crippen LogP contribution in [0.5, 0.6) is 0 Å². The predicted molar refractivity (Wildman–Crippen MR) is 43.4 cm³/mol. The maximum Gasteiger partial charge on any atom is 0.228 e. The van der Waals surface area contributed by atoms with E-state index < -0.39 is 0 Å². The Labute approximate surface area is 70.2 Å². The zero-order valence-corrected chi connectivity index (χ0v) is 6.58. The summed E-state index contributed by atoms with van der Waals surface area (Å²) >= 11 is 5.65. The highest BCUT2D eigenvalue weighted by molar-refractivity contribution is 6.30. The van der Waals surface area contributed by atoms with E-state index in [2.05, 4.69) is 5.32 Å². The number of rotatable bonds is 3. The van der Waals surface area contributed by atoms with E-state index in [4.69, 9.17) is 11.6 Å². The molecule has 0 atom stereocenters. The molecule has 0 unspecified atom stereocenters. The number of hydrogen-bond donors (Lipinski definition) is 0. The molecule has 0 saturated heterocycles. The SMILES string of the molecule is O=C[N]Cc1ccc(Cl)cc1. The lowest BCUT2D eigenvalue weighted by Gasteiger charge is -1.96. The molecule has 1 rings (SSSR count). The summed E-state index contributed by atoms with van der Waals surface area (Å²) in [5.41, 5.74) is 0.988. The second kappa shape index (κ2) is 3.98. The van der Waals surface area contributed by atoms with Crippen LogP contribution in [0.2, 0.25) is 5.02 Å². The number of carbonyl (C=O) groups excluding carboxylic acids is 1. The molecule has 0 fully saturated rings. The van der Waals surface area contributed by atoms with Crippen molar-refractivity contribution in [2.45, 2.75) is 6.54 Å². The molecule has 0 aliphatic heterocycles. The number of amides is 1. The second-order valence-corrected chi connectivity index (χ2v) is 2.51. The smallest absolute Gasteiger partial charge is 0.228 e. The average molecular weight is 169 g/mol. The maximum absolute atomic E-state index is 9.85. The molecule has 0 aliphatic carbocycles. The molecule has 1 aromatic carbocycles. The third-order valence-corrected chi connectivity index (χ3v) is 1.51. The zero-order chi connectivity index (χ0) is 8.10. The van der Waals surface area contributed by atoms with Gasteiger partial charge in [0.25, 0.3) is 0 Å². The van der Waals surface area contributed by atoms with Gasteiger partial charge >= 0.3 is 0 Å². The molecular formula is C8H7ClNO. The lowest BCUT2D eigenvalue weighted by atomic mass is 10.2. The van der Waals surface area contributed by atoms with Gasteiger partial charge in [0.2, 0.25) is 6.41 Å². The van der Waals surface area contributed by atoms with Gasteiger partial charge in [-0.05, 0) is 17.7 Å². The van der Waals surface area contributed by atoms with Crippen molar-refractivity contribution in [1.82, 2.24) is 5.32 Å². The highest BCUT2D eigenvalue weighted by Gasteiger charge is 1.91. The van der Waals surface area contributed by atoms with Gasteiger partial charge in [-0.3, -0.25) is 4.79 Å². The minimum absolute atomic E-state index is 0.431. The van der Waals surface area contributed by atoms with Crippen LogP contribution >= 0.6 is 11.6 Å². The Bertz CT molecular complexity index is 232. The Morgan fingerprint density at radius 2 is 2.00 bits per heavy atom. The predicted octanol–water partition coefficient (Wildman–Crippen LogP) is 1.60. The summed E-state index contributed by atoms with van der Waals surface area (Å²) in [7, 11) is 0. The van der Waals surface area contributed by atoms with E-state index in [-0.39, 0.29) is 0 Å². The first-order chi connectivity index (χ1) is 5.33. The van der Waals surface area contributed by atoms with Crippen LogP contribution in [0.1, 0.15) is 5.56 Å². The van der Waals surface area contributed by atoms with Gasteiger partial charge in [-0.15, -0.1) is 0 Å². The van der Waals surface area contributed by atoms with Crippen molar-refractivity contribution < 1.29 is 4.79 Å². The molecule has 0 bridgehead atoms. The van der Waals surface area contributed by atoms with Gasteiger partial charge in [-0.25, -0.2) is 5.32 Å². The molecule has 0 saturated carbocycles. The molecule has 0 aliphatic rings. The van der Waals surface area contributed by atoms with Gasteiger partial charge in [0.05, 0.1) is 6.54 Å². The van der Waals surface area contributed by atoms with E-state index in [1.54, 1.807) is 12.1 Å². The highest BCUT2D eigenvalue weighted by Crippen LogP contribution is 2.08. The monoisotopic (exact) mass is 168 g/mol. The van der Waals surface area contributed by atoms with Crippen molar-refractivity contribution in [2.75, 3.05) is 0 Å². The summed E-state index contributed by atoms with van der Waals surface area (Å²) in [5, 5.41) is 4.24. The third-order valence-electron chi connectivity index (χ3n) is 1.26. The first kappa shape index (κ1) is 8.08. The molecule has 2 nitrogen and oxygen atoms in total. The van der Waals surface area contributed by atoms with E-state index in [0.717, 1.165) is 5.56 Å². The molecule has 11 heavy (non-hydrogen) atoms. The second-order valence-electron chi connectivity index (χ2n) is 2.07. The summed E-state index contributed by atoms with van der Waals surface area (Å²) < 4.78 is 0. The van der Waals surface area contributed by atoms with Crippen molar-refractivity contribution in [2.24, 2.45) is 0 Å². The normalized spacial score (nSPS) is 9.18. The molecule has 1 amide bonds. The Hall–Kier alpha value is -1.02. The van der Waals surface area contributed by atoms with Crippen LogP contribution in [-0.4, -0.2) is 6.41 Å². The fraction of sp³-hybridized carbons (Fsp3) is 0.125. The zero-order valence-electron chi connectivity index (χ0n) is 5.83. The van der Waals surface area contributed by atoms with E-state index in [1.807, 2.05) is 12.1 Å². The van der Waals surface area contributed by atoms with Crippen LogP contribution in [0.3, 0.4) is 0 Å². The van der Waals surface area contributed by atoms with Crippen LogP contribution in [0.4, 0.5) is 0 Å². The third kappa shape index (κ3) is 2.60. The Kier molecular flexibility index (Phi) is 2.93. The Morgan fingerprint density at radius 1 is 1.36 bits per heavy atom. The maximum atomic E-state index is 9.85. The van der Waals surface area contributed by atoms with E-state index in [1.165, 1.54) is 0 Å². The van der Waals surface area contributed by atoms with Gasteiger partial charge in [0, 0.05) is 5.02 Å². The lowest BCUT2D eigenvalue weighted by Crippen LogP contribution is -2.00. The fourth-order valence-electron chi connectivity index (χ4n) is 0.732. The number of carbonyl (C=O) groups is 1. The molecule has 0 aromatic heterocycles. The van der Waals surface area contributed by atoms with Crippen LogP contribution in [0.25, 0.3) is 0 Å². The molecule has 0 spiro atoms. The molecule has 57 valence electrons. The van der Waals surface area contributed by atoms with Gasteiger partial charge in [-0.2, -0.15) is 0 Å². The largest absolute Gasteiger partial charge is 0.277 e. The molecule has 0 heterocycles. The average Bonchev–Trinajstić information content (AvgIpc) is 2.04. The van der Waals surface area contributed by atoms with Crippen LogP contribution in [0.15, 0.2) is 24.3 Å². The van der Waals surface area contributed by atoms with Gasteiger partial charge < -0.3 is 0 Å². The van der Waals surface area contributed by atoms with Gasteiger partial charge in [-0.1, -0.05) is 23.7 Å². The number of hydrogen-bond acceptors (Lipinski definition) is 1. The Balaban J connectivity index is 2.58. The van der Waals surface area contributed by atoms with Crippen LogP contribution in [-0.2, 0) is 11.3 Å². The molecule has 1 aromatic rings. The first-order valence-electron chi connectivity index (χ1n) is 3.17. The van der Waals surface area contributed by atoms with Crippen molar-refractivity contribution >= 4 is 18.0 Å². The van der Waals surface area contributed by atoms with Crippen molar-refractivity contribution in [3.05, 3.63) is 34.9 Å². The fourth-order valence-corrected chi connectivity index (χ4v) is 0.858. The quantitative estimate of drug-likeness (QED) is 0.631. The topological polar surface area (TPSA) is 31.2 Å². The lowest BCUT2D eigenvalue weighted by molar-refractivity contribution is -0.109. The molecule has 3 heteroatoms. The summed E-state index contributed by atoms with van der Waals surface area (Å²) in [5.74, 6) is 0. The number of benzene rings is 1. The Morgan fingerprint density at radius 3 is 2.55 bits per heavy atom. The molecule has 0 N–H and O–H groups in total. The number of nitrogens with zero attached hydrogens (tertiary/aromatic N) is 1. The van der Waals surface area contributed by atoms with Crippen LogP contribution < -0.4 is 5.32 Å². The first-order valence-corrected chi connectivity index (χ1v) is 3.55. The minimum atomic E-state index is 0.431. The summed E-state index contributed by atoms with van der Waals surface area (Å²) in [6.07, 6.45) is 0.550. The van der Waals surface area contributed by atoms with Gasteiger partial charge in [0.1, 0.15) is 0 Å². The van der Waals surface area contributed by atoms with Crippen molar-refractivity contribution in [3.8, 4) is 0 Å². The van der Waals surface area contributed by atoms with Crippen molar-refractivity contribution in [3.63, 3.8) is 0 Å². The van der Waals surface area contributed by atoms with Crippen LogP contribution in [0, 0.1) is 0 Å². The summed E-state index contributed by atoms with van der Waals surface area (Å²) in [6.45, 7) is 0.431. The minimum Gasteiger partial charge on any atom is -0.277 e. The van der Waals surface area contributed by atoms with E-state index >= 15 is 0 Å². The van der Waals surface area contributed by atoms with E-state index in [9.17, 15) is 4.79 Å². The van der Waals surface area contributed by atoms with E-state index in [0.29, 0.717) is 18.0 Å². The van der Waals surface area contributed by atoms with Crippen molar-refractivity contribution in [1.29, 1.82) is 0 Å². The summed E-state index contributed by atoms with van der Waals surface area (Å²) in [6, 6.07) is 7.24. The molecular weight excluding hydrogens is 162 g/mol. The highest BCUT2D eigenvalue weighted by atomic mass is 35.5. The number of halogens is 1. The summed E-state index contributed by atoms with van der Waals surface area (Å²) in [4.78, 5) is 9.85. The molecule has 1 radical (unpaired) electrons.